The van der Waals surface area contributed by atoms with Crippen molar-refractivity contribution in [1.82, 2.24) is 36.9 Å². The number of aliphatic carboxylic acids is 4. The van der Waals surface area contributed by atoms with Crippen molar-refractivity contribution in [2.24, 2.45) is 22.2 Å². The number of hydrogen-bond donors (Lipinski definition) is 14. The van der Waals surface area contributed by atoms with E-state index in [1.165, 1.54) is 0 Å². The molecule has 25 heteroatoms. The van der Waals surface area contributed by atoms with Crippen LogP contribution in [-0.4, -0.2) is 140 Å². The van der Waals surface area contributed by atoms with E-state index < -0.39 is 127 Å². The molecule has 0 aliphatic rings. The number of carboxylic acid groups (broad SMARTS) is 4. The van der Waals surface area contributed by atoms with Crippen LogP contribution in [0.2, 0.25) is 0 Å². The van der Waals surface area contributed by atoms with E-state index in [1.807, 2.05) is 0 Å². The molecular formula is C42H55N11O14. The zero-order chi connectivity index (χ0) is 49.8. The van der Waals surface area contributed by atoms with Gasteiger partial charge in [-0.2, -0.15) is 0 Å². The van der Waals surface area contributed by atoms with Gasteiger partial charge in [0, 0.05) is 42.9 Å². The van der Waals surface area contributed by atoms with Crippen molar-refractivity contribution in [2.45, 2.75) is 101 Å². The number of benzene rings is 2. The van der Waals surface area contributed by atoms with Gasteiger partial charge in [0.15, 0.2) is 5.96 Å². The molecule has 25 nitrogen and oxygen atoms in total. The molecule has 0 bridgehead atoms. The Hall–Kier alpha value is -8.09. The average Bonchev–Trinajstić information content (AvgIpc) is 3.67. The molecule has 6 amide bonds. The van der Waals surface area contributed by atoms with Gasteiger partial charge in [-0.1, -0.05) is 48.5 Å². The van der Waals surface area contributed by atoms with Crippen molar-refractivity contribution in [1.29, 1.82) is 0 Å². The van der Waals surface area contributed by atoms with Crippen LogP contribution in [0.5, 0.6) is 0 Å². The molecule has 1 heterocycles. The van der Waals surface area contributed by atoms with E-state index in [9.17, 15) is 68.4 Å². The number of nitrogens with two attached hydrogens (primary N) is 3. The summed E-state index contributed by atoms with van der Waals surface area (Å²) in [4.78, 5) is 135. The topological polar surface area (TPSA) is 430 Å². The smallest absolute Gasteiger partial charge is 0.325 e. The molecule has 7 atom stereocenters. The first-order chi connectivity index (χ1) is 31.6. The van der Waals surface area contributed by atoms with Crippen LogP contribution in [0.15, 0.2) is 65.8 Å². The molecule has 0 radical (unpaired) electrons. The first-order valence-corrected chi connectivity index (χ1v) is 20.7. The van der Waals surface area contributed by atoms with E-state index in [-0.39, 0.29) is 38.2 Å². The number of hydrogen-bond acceptors (Lipinski definition) is 12. The normalized spacial score (nSPS) is 14.0. The molecule has 2 aromatic carbocycles. The Bertz CT molecular complexity index is 2300. The largest absolute Gasteiger partial charge is 0.481 e. The van der Waals surface area contributed by atoms with Gasteiger partial charge >= 0.3 is 23.9 Å². The van der Waals surface area contributed by atoms with Crippen LogP contribution in [0.25, 0.3) is 10.9 Å². The standard InChI is InChI=1S/C42H55N11O14/c1-21(41(66)67)48-38(63)31(19-34(58)59)53-36(61)27(12-7-15-46-42(44)45)49-39(64)29(16-22-8-3-2-4-9-22)52-37(62)28(13-14-32(54)55)50-40(65)30(51-35(60)25(43)18-33(56)57)17-23-20-47-26-11-6-5-10-24(23)26/h2-6,8-11,20-21,25,27-31,47H,7,12-19,43H2,1H3,(H,48,63)(H,49,64)(H,50,65)(H,51,60)(H,52,62)(H,53,61)(H,54,55)(H,56,57)(H,58,59)(H,66,67)(H4,44,45,46)/t21-,25-,27-,28-,29-,30-,31-/m0/s1. The molecular weight excluding hydrogens is 883 g/mol. The van der Waals surface area contributed by atoms with Gasteiger partial charge in [-0.05, 0) is 43.4 Å². The molecule has 0 aliphatic heterocycles. The summed E-state index contributed by atoms with van der Waals surface area (Å²) in [7, 11) is 0. The van der Waals surface area contributed by atoms with Crippen LogP contribution < -0.4 is 49.1 Å². The van der Waals surface area contributed by atoms with Gasteiger partial charge in [0.25, 0.3) is 0 Å². The summed E-state index contributed by atoms with van der Waals surface area (Å²) >= 11 is 0. The second kappa shape index (κ2) is 26.0. The maximum atomic E-state index is 14.2. The number of H-pyrrole nitrogens is 1. The van der Waals surface area contributed by atoms with Crippen molar-refractivity contribution < 1.29 is 68.4 Å². The van der Waals surface area contributed by atoms with Gasteiger partial charge in [-0.25, -0.2) is 0 Å². The Morgan fingerprint density at radius 2 is 1.10 bits per heavy atom. The Labute approximate surface area is 382 Å². The zero-order valence-electron chi connectivity index (χ0n) is 36.2. The Balaban J connectivity index is 1.98. The minimum absolute atomic E-state index is 0.0264. The first-order valence-electron chi connectivity index (χ1n) is 20.7. The molecule has 0 spiro atoms. The maximum absolute atomic E-state index is 14.2. The summed E-state index contributed by atoms with van der Waals surface area (Å²) in [5, 5.41) is 52.3. The monoisotopic (exact) mass is 937 g/mol. The van der Waals surface area contributed by atoms with Gasteiger partial charge in [-0.3, -0.25) is 52.9 Å². The number of rotatable bonds is 28. The fraction of sp³-hybridized carbons (Fsp3) is 0.405. The summed E-state index contributed by atoms with van der Waals surface area (Å²) in [5.41, 5.74) is 18.3. The van der Waals surface area contributed by atoms with Crippen LogP contribution in [-0.2, 0) is 60.8 Å². The predicted octanol–water partition coefficient (Wildman–Crippen LogP) is -2.84. The average molecular weight is 938 g/mol. The number of amides is 6. The minimum Gasteiger partial charge on any atom is -0.481 e. The number of nitrogens with one attached hydrogen (secondary N) is 7. The number of carboxylic acids is 4. The van der Waals surface area contributed by atoms with Crippen molar-refractivity contribution >= 4 is 76.2 Å². The number of carbonyl (C=O) groups excluding carboxylic acids is 6. The molecule has 0 fully saturated rings. The number of aromatic nitrogens is 1. The van der Waals surface area contributed by atoms with Crippen molar-refractivity contribution in [3.05, 3.63) is 71.9 Å². The lowest BCUT2D eigenvalue weighted by Crippen LogP contribution is -2.60. The van der Waals surface area contributed by atoms with Crippen molar-refractivity contribution in [3.8, 4) is 0 Å². The second-order valence-corrected chi connectivity index (χ2v) is 15.3. The number of nitrogens with zero attached hydrogens (tertiary/aromatic N) is 1. The molecule has 0 saturated carbocycles. The van der Waals surface area contributed by atoms with Crippen LogP contribution in [0, 0.1) is 0 Å². The molecule has 1 aromatic heterocycles. The summed E-state index contributed by atoms with van der Waals surface area (Å²) in [5.74, 6) is -12.4. The van der Waals surface area contributed by atoms with Gasteiger partial charge in [-0.15, -0.1) is 0 Å². The van der Waals surface area contributed by atoms with Crippen LogP contribution in [0.3, 0.4) is 0 Å². The van der Waals surface area contributed by atoms with E-state index in [0.717, 1.165) is 6.92 Å². The van der Waals surface area contributed by atoms with Crippen LogP contribution in [0.1, 0.15) is 56.6 Å². The summed E-state index contributed by atoms with van der Waals surface area (Å²) in [6.07, 6.45) is -2.09. The van der Waals surface area contributed by atoms with Crippen LogP contribution >= 0.6 is 0 Å². The molecule has 3 rings (SSSR count). The van der Waals surface area contributed by atoms with Gasteiger partial charge < -0.3 is 74.5 Å². The fourth-order valence-corrected chi connectivity index (χ4v) is 6.51. The molecule has 0 unspecified atom stereocenters. The number of carbonyl (C=O) groups is 10. The second-order valence-electron chi connectivity index (χ2n) is 15.3. The van der Waals surface area contributed by atoms with Gasteiger partial charge in [0.05, 0.1) is 18.9 Å². The van der Waals surface area contributed by atoms with Crippen molar-refractivity contribution in [3.63, 3.8) is 0 Å². The third-order valence-electron chi connectivity index (χ3n) is 9.98. The van der Waals surface area contributed by atoms with E-state index in [4.69, 9.17) is 17.2 Å². The first kappa shape index (κ1) is 53.2. The molecule has 0 aliphatic carbocycles. The number of aromatic amines is 1. The highest BCUT2D eigenvalue weighted by molar-refractivity contribution is 5.98. The van der Waals surface area contributed by atoms with E-state index >= 15 is 0 Å². The number of aliphatic imine (C=N–C) groups is 1. The summed E-state index contributed by atoms with van der Waals surface area (Å²) in [6.45, 7) is 1.05. The summed E-state index contributed by atoms with van der Waals surface area (Å²) < 4.78 is 0. The Kier molecular flexibility index (Phi) is 20.7. The lowest BCUT2D eigenvalue weighted by atomic mass is 10.0. The van der Waals surface area contributed by atoms with Crippen molar-refractivity contribution in [2.75, 3.05) is 6.54 Å². The minimum atomic E-state index is -1.82. The lowest BCUT2D eigenvalue weighted by Gasteiger charge is -2.27. The van der Waals surface area contributed by atoms with Gasteiger partial charge in [0.1, 0.15) is 36.3 Å². The number of fused-ring (bicyclic) bond motifs is 1. The zero-order valence-corrected chi connectivity index (χ0v) is 36.2. The SMILES string of the molecule is C[C@H](NC(=O)[C@H](CC(=O)O)NC(=O)[C@H](CCCN=C(N)N)NC(=O)[C@H](Cc1ccccc1)NC(=O)[C@H](CCC(=O)O)NC(=O)[C@H](Cc1c[nH]c2ccccc12)NC(=O)[C@@H](N)CC(=O)O)C(=O)O. The highest BCUT2D eigenvalue weighted by Gasteiger charge is 2.34. The molecule has 67 heavy (non-hydrogen) atoms. The molecule has 362 valence electrons. The van der Waals surface area contributed by atoms with E-state index in [0.29, 0.717) is 22.0 Å². The van der Waals surface area contributed by atoms with Gasteiger partial charge in [0.2, 0.25) is 35.4 Å². The molecule has 3 aromatic rings. The third kappa shape index (κ3) is 18.1. The quantitative estimate of drug-likeness (QED) is 0.0198. The third-order valence-corrected chi connectivity index (χ3v) is 9.98. The molecule has 0 saturated heterocycles. The Morgan fingerprint density at radius 1 is 0.597 bits per heavy atom. The van der Waals surface area contributed by atoms with Crippen LogP contribution in [0.4, 0.5) is 0 Å². The lowest BCUT2D eigenvalue weighted by molar-refractivity contribution is -0.143. The number of guanidine groups is 1. The number of para-hydroxylation sites is 1. The maximum Gasteiger partial charge on any atom is 0.325 e. The molecule has 17 N–H and O–H groups in total. The highest BCUT2D eigenvalue weighted by Crippen LogP contribution is 2.20. The predicted molar refractivity (Wildman–Crippen MR) is 236 cm³/mol. The fourth-order valence-electron chi connectivity index (χ4n) is 6.51. The summed E-state index contributed by atoms with van der Waals surface area (Å²) in [6, 6.07) is 3.91. The van der Waals surface area contributed by atoms with E-state index in [1.54, 1.807) is 60.8 Å². The Morgan fingerprint density at radius 3 is 1.69 bits per heavy atom. The highest BCUT2D eigenvalue weighted by atomic mass is 16.4. The van der Waals surface area contributed by atoms with E-state index in [2.05, 4.69) is 41.9 Å².